The number of rotatable bonds is 6. The monoisotopic (exact) mass is 402 g/mol. The van der Waals surface area contributed by atoms with Gasteiger partial charge in [0.05, 0.1) is 23.2 Å². The van der Waals surface area contributed by atoms with Crippen LogP contribution in [0.4, 0.5) is 0 Å². The molecule has 0 bridgehead atoms. The zero-order valence-electron chi connectivity index (χ0n) is 15.8. The molecular formula is C21H23ClN2O2S. The molecule has 0 N–H and O–H groups in total. The molecular weight excluding hydrogens is 380 g/mol. The number of carbonyl (C=O) groups excluding carboxylic acids is 1. The molecule has 0 spiro atoms. The molecule has 0 unspecified atom stereocenters. The highest BCUT2D eigenvalue weighted by atomic mass is 35.5. The van der Waals surface area contributed by atoms with Gasteiger partial charge in [0, 0.05) is 18.2 Å². The van der Waals surface area contributed by atoms with Crippen LogP contribution in [0.15, 0.2) is 41.4 Å². The summed E-state index contributed by atoms with van der Waals surface area (Å²) in [7, 11) is 0. The minimum absolute atomic E-state index is 0.152. The van der Waals surface area contributed by atoms with Crippen molar-refractivity contribution < 1.29 is 9.53 Å². The molecule has 6 heteroatoms. The van der Waals surface area contributed by atoms with Crippen LogP contribution in [-0.2, 0) is 22.5 Å². The molecule has 0 saturated heterocycles. The number of carbonyl (C=O) groups is 1. The number of halogens is 1. The van der Waals surface area contributed by atoms with E-state index in [2.05, 4.69) is 24.9 Å². The molecule has 1 aromatic heterocycles. The van der Waals surface area contributed by atoms with Gasteiger partial charge < -0.3 is 9.30 Å². The summed E-state index contributed by atoms with van der Waals surface area (Å²) in [5, 5.41) is 0.675. The number of amides is 1. The van der Waals surface area contributed by atoms with E-state index in [1.54, 1.807) is 0 Å². The van der Waals surface area contributed by atoms with Gasteiger partial charge in [0.1, 0.15) is 0 Å². The Kier molecular flexibility index (Phi) is 6.47. The molecule has 0 aliphatic carbocycles. The molecule has 3 aromatic rings. The number of ether oxygens (including phenoxy) is 1. The third-order valence-corrected chi connectivity index (χ3v) is 5.73. The number of aromatic nitrogens is 1. The lowest BCUT2D eigenvalue weighted by Crippen LogP contribution is -2.20. The Labute approximate surface area is 168 Å². The first-order valence-electron chi connectivity index (χ1n) is 8.98. The van der Waals surface area contributed by atoms with Crippen molar-refractivity contribution in [3.8, 4) is 0 Å². The standard InChI is InChI=1S/C21H23ClN2O2S/c1-4-26-10-9-24-18-8-7-17(22)13-19(18)27-21(24)23-20(25)12-16-6-5-14(2)15(3)11-16/h5-8,11,13H,4,9-10,12H2,1-3H3. The number of fused-ring (bicyclic) bond motifs is 1. The van der Waals surface area contributed by atoms with E-state index in [-0.39, 0.29) is 5.91 Å². The Bertz CT molecular complexity index is 1040. The van der Waals surface area contributed by atoms with Crippen molar-refractivity contribution in [1.82, 2.24) is 4.57 Å². The number of thiazole rings is 1. The summed E-state index contributed by atoms with van der Waals surface area (Å²) in [6, 6.07) is 11.8. The van der Waals surface area contributed by atoms with Gasteiger partial charge in [-0.25, -0.2) is 0 Å². The molecule has 4 nitrogen and oxygen atoms in total. The maximum absolute atomic E-state index is 12.6. The Morgan fingerprint density at radius 2 is 2.00 bits per heavy atom. The van der Waals surface area contributed by atoms with E-state index in [9.17, 15) is 4.79 Å². The quantitative estimate of drug-likeness (QED) is 0.562. The number of hydrogen-bond donors (Lipinski definition) is 0. The van der Waals surface area contributed by atoms with Crippen LogP contribution in [-0.4, -0.2) is 23.7 Å². The normalized spacial score (nSPS) is 12.1. The summed E-state index contributed by atoms with van der Waals surface area (Å²) in [5.74, 6) is -0.152. The fourth-order valence-corrected chi connectivity index (χ4v) is 4.23. The SMILES string of the molecule is CCOCCn1c(=NC(=O)Cc2ccc(C)c(C)c2)sc2cc(Cl)ccc21. The topological polar surface area (TPSA) is 43.6 Å². The molecule has 142 valence electrons. The second-order valence-corrected chi connectivity index (χ2v) is 7.89. The van der Waals surface area contributed by atoms with Crippen LogP contribution in [0, 0.1) is 13.8 Å². The summed E-state index contributed by atoms with van der Waals surface area (Å²) in [4.78, 5) is 17.7. The third kappa shape index (κ3) is 4.86. The maximum Gasteiger partial charge on any atom is 0.252 e. The van der Waals surface area contributed by atoms with E-state index < -0.39 is 0 Å². The van der Waals surface area contributed by atoms with Gasteiger partial charge in [-0.3, -0.25) is 4.79 Å². The predicted octanol–water partition coefficient (Wildman–Crippen LogP) is 4.68. The van der Waals surface area contributed by atoms with Crippen LogP contribution >= 0.6 is 22.9 Å². The molecule has 1 heterocycles. The number of hydrogen-bond acceptors (Lipinski definition) is 3. The van der Waals surface area contributed by atoms with Crippen LogP contribution in [0.25, 0.3) is 10.2 Å². The highest BCUT2D eigenvalue weighted by Crippen LogP contribution is 2.22. The van der Waals surface area contributed by atoms with Crippen molar-refractivity contribution in [1.29, 1.82) is 0 Å². The minimum atomic E-state index is -0.152. The molecule has 27 heavy (non-hydrogen) atoms. The smallest absolute Gasteiger partial charge is 0.252 e. The molecule has 0 saturated carbocycles. The highest BCUT2D eigenvalue weighted by Gasteiger charge is 2.09. The fraction of sp³-hybridized carbons (Fsp3) is 0.333. The van der Waals surface area contributed by atoms with Crippen LogP contribution in [0.5, 0.6) is 0 Å². The predicted molar refractivity (Wildman–Crippen MR) is 112 cm³/mol. The van der Waals surface area contributed by atoms with Gasteiger partial charge in [-0.2, -0.15) is 4.99 Å². The lowest BCUT2D eigenvalue weighted by Gasteiger charge is -2.06. The Hall–Kier alpha value is -1.95. The Balaban J connectivity index is 1.93. The van der Waals surface area contributed by atoms with Crippen molar-refractivity contribution in [2.75, 3.05) is 13.2 Å². The lowest BCUT2D eigenvalue weighted by atomic mass is 10.0. The third-order valence-electron chi connectivity index (χ3n) is 4.46. The lowest BCUT2D eigenvalue weighted by molar-refractivity contribution is -0.117. The maximum atomic E-state index is 12.6. The fourth-order valence-electron chi connectivity index (χ4n) is 2.88. The molecule has 3 rings (SSSR count). The Morgan fingerprint density at radius 3 is 2.74 bits per heavy atom. The average molecular weight is 403 g/mol. The summed E-state index contributed by atoms with van der Waals surface area (Å²) in [6.07, 6.45) is 0.293. The van der Waals surface area contributed by atoms with E-state index in [1.165, 1.54) is 22.5 Å². The van der Waals surface area contributed by atoms with Gasteiger partial charge in [0.2, 0.25) is 0 Å². The summed E-state index contributed by atoms with van der Waals surface area (Å²) in [6.45, 7) is 7.96. The zero-order chi connectivity index (χ0) is 19.4. The van der Waals surface area contributed by atoms with E-state index in [0.717, 1.165) is 15.8 Å². The van der Waals surface area contributed by atoms with Crippen molar-refractivity contribution in [2.24, 2.45) is 4.99 Å². The molecule has 0 aliphatic heterocycles. The largest absolute Gasteiger partial charge is 0.380 e. The van der Waals surface area contributed by atoms with Crippen molar-refractivity contribution in [3.63, 3.8) is 0 Å². The summed E-state index contributed by atoms with van der Waals surface area (Å²) < 4.78 is 8.53. The van der Waals surface area contributed by atoms with E-state index in [4.69, 9.17) is 16.3 Å². The first-order valence-corrected chi connectivity index (χ1v) is 10.2. The minimum Gasteiger partial charge on any atom is -0.380 e. The van der Waals surface area contributed by atoms with Crippen LogP contribution < -0.4 is 4.80 Å². The molecule has 0 aliphatic rings. The Morgan fingerprint density at radius 1 is 1.19 bits per heavy atom. The van der Waals surface area contributed by atoms with Gasteiger partial charge in [-0.1, -0.05) is 41.1 Å². The van der Waals surface area contributed by atoms with Gasteiger partial charge in [-0.05, 0) is 55.7 Å². The van der Waals surface area contributed by atoms with Gasteiger partial charge in [0.15, 0.2) is 4.80 Å². The molecule has 2 aromatic carbocycles. The summed E-state index contributed by atoms with van der Waals surface area (Å²) >= 11 is 7.60. The van der Waals surface area contributed by atoms with Gasteiger partial charge >= 0.3 is 0 Å². The van der Waals surface area contributed by atoms with Gasteiger partial charge in [-0.15, -0.1) is 0 Å². The van der Waals surface area contributed by atoms with Gasteiger partial charge in [0.25, 0.3) is 5.91 Å². The molecule has 0 fully saturated rings. The van der Waals surface area contributed by atoms with E-state index in [1.807, 2.05) is 41.8 Å². The van der Waals surface area contributed by atoms with Crippen LogP contribution in [0.2, 0.25) is 5.02 Å². The molecule has 0 radical (unpaired) electrons. The average Bonchev–Trinajstić information content (AvgIpc) is 2.94. The number of nitrogens with zero attached hydrogens (tertiary/aromatic N) is 2. The van der Waals surface area contributed by atoms with Crippen LogP contribution in [0.3, 0.4) is 0 Å². The van der Waals surface area contributed by atoms with Crippen molar-refractivity contribution >= 4 is 39.1 Å². The van der Waals surface area contributed by atoms with Crippen LogP contribution in [0.1, 0.15) is 23.6 Å². The molecule has 1 amide bonds. The second-order valence-electron chi connectivity index (χ2n) is 6.45. The number of benzene rings is 2. The highest BCUT2D eigenvalue weighted by molar-refractivity contribution is 7.16. The number of aryl methyl sites for hydroxylation is 2. The second kappa shape index (κ2) is 8.83. The summed E-state index contributed by atoms with van der Waals surface area (Å²) in [5.41, 5.74) is 4.40. The first kappa shape index (κ1) is 19.8. The van der Waals surface area contributed by atoms with Crippen molar-refractivity contribution in [2.45, 2.75) is 33.7 Å². The zero-order valence-corrected chi connectivity index (χ0v) is 17.4. The molecule has 0 atom stereocenters. The van der Waals surface area contributed by atoms with Crippen molar-refractivity contribution in [3.05, 3.63) is 62.9 Å². The first-order chi connectivity index (χ1) is 13.0. The van der Waals surface area contributed by atoms with E-state index >= 15 is 0 Å². The van der Waals surface area contributed by atoms with E-state index in [0.29, 0.717) is 36.0 Å².